The van der Waals surface area contributed by atoms with E-state index in [1.807, 2.05) is 0 Å². The van der Waals surface area contributed by atoms with E-state index in [0.29, 0.717) is 12.8 Å². The zero-order valence-electron chi connectivity index (χ0n) is 5.55. The van der Waals surface area contributed by atoms with E-state index in [2.05, 4.69) is 0 Å². The van der Waals surface area contributed by atoms with Gasteiger partial charge in [0.05, 0.1) is 16.8 Å². The topological polar surface area (TPSA) is 57.2 Å². The minimum atomic E-state index is -4.08. The maximum absolute atomic E-state index is 11.4. The van der Waals surface area contributed by atoms with Crippen LogP contribution in [0.3, 0.4) is 0 Å². The molecule has 0 rings (SSSR count). The number of hydrogen-bond acceptors (Lipinski definition) is 3. The van der Waals surface area contributed by atoms with Gasteiger partial charge in [-0.15, -0.1) is 0 Å². The first-order chi connectivity index (χ1) is 4.56. The van der Waals surface area contributed by atoms with E-state index in [1.165, 1.54) is 0 Å². The highest BCUT2D eigenvalue weighted by Gasteiger charge is 1.94. The molecule has 3 nitrogen and oxygen atoms in total. The Morgan fingerprint density at radius 2 is 1.80 bits per heavy atom. The molecule has 0 spiro atoms. The molecule has 0 aromatic carbocycles. The third-order valence-corrected chi connectivity index (χ3v) is 1.82. The van der Waals surface area contributed by atoms with Gasteiger partial charge in [-0.25, -0.2) is 8.42 Å². The molecule has 0 saturated heterocycles. The lowest BCUT2D eigenvalue weighted by atomic mass is 10.3. The van der Waals surface area contributed by atoms with E-state index in [0.717, 1.165) is 0 Å². The first-order valence-electron chi connectivity index (χ1n) is 3.06. The molecular weight excluding hydrogens is 159 g/mol. The van der Waals surface area contributed by atoms with Crippen LogP contribution in [0.25, 0.3) is 0 Å². The Kier molecular flexibility index (Phi) is 4.55. The second-order valence-corrected chi connectivity index (χ2v) is 3.54. The Morgan fingerprint density at radius 1 is 1.20 bits per heavy atom. The van der Waals surface area contributed by atoms with Gasteiger partial charge in [-0.2, -0.15) is 0 Å². The molecule has 0 aliphatic heterocycles. The van der Waals surface area contributed by atoms with Crippen molar-refractivity contribution < 1.29 is 17.4 Å². The van der Waals surface area contributed by atoms with Crippen molar-refractivity contribution in [2.24, 2.45) is 0 Å². The van der Waals surface area contributed by atoms with Crippen LogP contribution in [0.4, 0.5) is 4.39 Å². The highest BCUT2D eigenvalue weighted by Crippen LogP contribution is 1.97. The molecule has 0 atom stereocenters. The average Bonchev–Trinajstić information content (AvgIpc) is 1.78. The Hall–Kier alpha value is -0.160. The van der Waals surface area contributed by atoms with E-state index in [-0.39, 0.29) is 12.2 Å². The Balaban J connectivity index is 3.21. The lowest BCUT2D eigenvalue weighted by Gasteiger charge is -2.04. The smallest absolute Gasteiger partial charge is 0.0945 e. The van der Waals surface area contributed by atoms with Gasteiger partial charge in [0.15, 0.2) is 0 Å². The molecule has 62 valence electrons. The van der Waals surface area contributed by atoms with Crippen molar-refractivity contribution in [3.63, 3.8) is 0 Å². The molecule has 0 aliphatic carbocycles. The summed E-state index contributed by atoms with van der Waals surface area (Å²) in [6.07, 6.45) is 1.09. The van der Waals surface area contributed by atoms with Gasteiger partial charge in [0, 0.05) is 5.75 Å². The van der Waals surface area contributed by atoms with Crippen molar-refractivity contribution in [1.82, 2.24) is 0 Å². The second kappa shape index (κ2) is 4.62. The van der Waals surface area contributed by atoms with Gasteiger partial charge < -0.3 is 4.55 Å². The lowest BCUT2D eigenvalue weighted by molar-refractivity contribution is 0.446. The summed E-state index contributed by atoms with van der Waals surface area (Å²) in [5.41, 5.74) is 0. The van der Waals surface area contributed by atoms with Crippen molar-refractivity contribution in [1.29, 1.82) is 0 Å². The fourth-order valence-corrected chi connectivity index (χ4v) is 1.11. The van der Waals surface area contributed by atoms with Crippen LogP contribution in [0.2, 0.25) is 0 Å². The van der Waals surface area contributed by atoms with Crippen molar-refractivity contribution in [3.8, 4) is 0 Å². The highest BCUT2D eigenvalue weighted by atomic mass is 32.2. The third kappa shape index (κ3) is 7.84. The lowest BCUT2D eigenvalue weighted by Crippen LogP contribution is -2.03. The van der Waals surface area contributed by atoms with Crippen LogP contribution in [-0.4, -0.2) is 25.4 Å². The molecule has 5 heteroatoms. The molecule has 0 aliphatic rings. The van der Waals surface area contributed by atoms with Crippen LogP contribution in [0.15, 0.2) is 0 Å². The molecule has 0 unspecified atom stereocenters. The average molecular weight is 169 g/mol. The second-order valence-electron chi connectivity index (χ2n) is 2.01. The zero-order chi connectivity index (χ0) is 8.04. The molecule has 0 amide bonds. The standard InChI is InChI=1S/C5H11FO3S/c6-4-2-1-3-5-10(7,8)9/h1-5H2,(H,7,8,9)/p-1. The van der Waals surface area contributed by atoms with Gasteiger partial charge >= 0.3 is 0 Å². The fraction of sp³-hybridized carbons (Fsp3) is 1.00. The van der Waals surface area contributed by atoms with E-state index in [1.54, 1.807) is 0 Å². The molecule has 0 aromatic rings. The Morgan fingerprint density at radius 3 is 2.20 bits per heavy atom. The largest absolute Gasteiger partial charge is 0.748 e. The minimum absolute atomic E-state index is 0.274. The first kappa shape index (κ1) is 9.84. The summed E-state index contributed by atoms with van der Waals surface area (Å²) in [7, 11) is -4.08. The van der Waals surface area contributed by atoms with Gasteiger partial charge in [-0.05, 0) is 19.3 Å². The first-order valence-corrected chi connectivity index (χ1v) is 4.63. The summed E-state index contributed by atoms with van der Waals surface area (Å²) in [6, 6.07) is 0. The van der Waals surface area contributed by atoms with Crippen LogP contribution in [0.1, 0.15) is 19.3 Å². The molecular formula is C5H10FO3S-. The molecule has 10 heavy (non-hydrogen) atoms. The quantitative estimate of drug-likeness (QED) is 0.449. The van der Waals surface area contributed by atoms with Crippen molar-refractivity contribution in [3.05, 3.63) is 0 Å². The maximum Gasteiger partial charge on any atom is 0.0945 e. The molecule has 0 fully saturated rings. The molecule has 0 saturated carbocycles. The van der Waals surface area contributed by atoms with Crippen molar-refractivity contribution in [2.45, 2.75) is 19.3 Å². The van der Waals surface area contributed by atoms with Crippen LogP contribution in [0, 0.1) is 0 Å². The van der Waals surface area contributed by atoms with Crippen molar-refractivity contribution >= 4 is 10.1 Å². The monoisotopic (exact) mass is 169 g/mol. The van der Waals surface area contributed by atoms with Gasteiger partial charge in [0.1, 0.15) is 0 Å². The van der Waals surface area contributed by atoms with E-state index in [9.17, 15) is 17.4 Å². The van der Waals surface area contributed by atoms with Crippen LogP contribution in [0.5, 0.6) is 0 Å². The number of halogens is 1. The molecule has 0 aromatic heterocycles. The highest BCUT2D eigenvalue weighted by molar-refractivity contribution is 7.85. The van der Waals surface area contributed by atoms with Crippen LogP contribution < -0.4 is 0 Å². The van der Waals surface area contributed by atoms with Crippen LogP contribution in [-0.2, 0) is 10.1 Å². The Bertz CT molecular complexity index is 164. The third-order valence-electron chi connectivity index (χ3n) is 1.03. The maximum atomic E-state index is 11.4. The van der Waals surface area contributed by atoms with Gasteiger partial charge in [-0.3, -0.25) is 4.39 Å². The summed E-state index contributed by atoms with van der Waals surface area (Å²) < 4.78 is 41.2. The molecule has 0 heterocycles. The van der Waals surface area contributed by atoms with Crippen molar-refractivity contribution in [2.75, 3.05) is 12.4 Å². The molecule has 0 bridgehead atoms. The summed E-state index contributed by atoms with van der Waals surface area (Å²) in [5.74, 6) is -0.368. The minimum Gasteiger partial charge on any atom is -0.748 e. The van der Waals surface area contributed by atoms with Crippen LogP contribution >= 0.6 is 0 Å². The number of unbranched alkanes of at least 4 members (excludes halogenated alkanes) is 2. The molecule has 0 radical (unpaired) electrons. The van der Waals surface area contributed by atoms with Gasteiger partial charge in [0.2, 0.25) is 0 Å². The summed E-state index contributed by atoms with van der Waals surface area (Å²) in [5, 5.41) is 0. The summed E-state index contributed by atoms with van der Waals surface area (Å²) in [6.45, 7) is -0.446. The number of rotatable bonds is 5. The zero-order valence-corrected chi connectivity index (χ0v) is 6.36. The van der Waals surface area contributed by atoms with E-state index < -0.39 is 16.8 Å². The number of hydrogen-bond donors (Lipinski definition) is 0. The summed E-state index contributed by atoms with van der Waals surface area (Å²) >= 11 is 0. The SMILES string of the molecule is O=S(=O)([O-])CCCCCF. The van der Waals surface area contributed by atoms with E-state index in [4.69, 9.17) is 0 Å². The van der Waals surface area contributed by atoms with E-state index >= 15 is 0 Å². The normalized spacial score (nSPS) is 11.8. The predicted molar refractivity (Wildman–Crippen MR) is 34.4 cm³/mol. The molecule has 0 N–H and O–H groups in total. The van der Waals surface area contributed by atoms with Gasteiger partial charge in [-0.1, -0.05) is 0 Å². The predicted octanol–water partition coefficient (Wildman–Crippen LogP) is 0.671. The summed E-state index contributed by atoms with van der Waals surface area (Å²) in [4.78, 5) is 0. The Labute approximate surface area is 60.0 Å². The van der Waals surface area contributed by atoms with Gasteiger partial charge in [0.25, 0.3) is 0 Å². The fourth-order valence-electron chi connectivity index (χ4n) is 0.550. The number of alkyl halides is 1.